The molecule has 2 heterocycles. The standard InChI is InChI=1S/C24H30N4O3/c1-17-4-3-5-20(14-17)26-24(30)23(29)25-16-22(28-10-12-31-13-11-28)18-6-7-21-19(15-18)8-9-27(21)2/h3-7,14-15,22H,8-13,16H2,1-2H3,(H,25,29)(H,26,30). The molecule has 0 aromatic heterocycles. The molecule has 1 atom stereocenters. The van der Waals surface area contributed by atoms with E-state index in [0.29, 0.717) is 25.4 Å². The number of nitrogens with zero attached hydrogens (tertiary/aromatic N) is 2. The Morgan fingerprint density at radius 3 is 2.65 bits per heavy atom. The van der Waals surface area contributed by atoms with Crippen molar-refractivity contribution in [2.75, 3.05) is 56.7 Å². The summed E-state index contributed by atoms with van der Waals surface area (Å²) in [6.07, 6.45) is 1.03. The second-order valence-corrected chi connectivity index (χ2v) is 8.26. The van der Waals surface area contributed by atoms with Crippen LogP contribution in [0.4, 0.5) is 11.4 Å². The zero-order chi connectivity index (χ0) is 21.8. The van der Waals surface area contributed by atoms with Crippen LogP contribution in [0.5, 0.6) is 0 Å². The molecule has 0 radical (unpaired) electrons. The lowest BCUT2D eigenvalue weighted by atomic mass is 10.0. The Labute approximate surface area is 183 Å². The van der Waals surface area contributed by atoms with E-state index < -0.39 is 11.8 Å². The molecule has 1 unspecified atom stereocenters. The van der Waals surface area contributed by atoms with Crippen LogP contribution in [0.25, 0.3) is 0 Å². The van der Waals surface area contributed by atoms with Gasteiger partial charge < -0.3 is 20.3 Å². The Kier molecular flexibility index (Phi) is 6.53. The van der Waals surface area contributed by atoms with Crippen molar-refractivity contribution in [3.05, 3.63) is 59.2 Å². The normalized spacial score (nSPS) is 17.2. The van der Waals surface area contributed by atoms with E-state index in [1.807, 2.05) is 25.1 Å². The molecule has 2 aromatic carbocycles. The van der Waals surface area contributed by atoms with Crippen LogP contribution in [0.3, 0.4) is 0 Å². The summed E-state index contributed by atoms with van der Waals surface area (Å²) in [6, 6.07) is 13.9. The number of carbonyl (C=O) groups is 2. The number of benzene rings is 2. The second-order valence-electron chi connectivity index (χ2n) is 8.26. The second kappa shape index (κ2) is 9.49. The van der Waals surface area contributed by atoms with Crippen molar-refractivity contribution in [2.45, 2.75) is 19.4 Å². The van der Waals surface area contributed by atoms with Gasteiger partial charge in [-0.05, 0) is 48.2 Å². The van der Waals surface area contributed by atoms with Gasteiger partial charge in [-0.3, -0.25) is 14.5 Å². The van der Waals surface area contributed by atoms with Crippen LogP contribution < -0.4 is 15.5 Å². The minimum atomic E-state index is -0.651. The van der Waals surface area contributed by atoms with Gasteiger partial charge in [-0.25, -0.2) is 0 Å². The number of nitrogens with one attached hydrogen (secondary N) is 2. The average molecular weight is 423 g/mol. The van der Waals surface area contributed by atoms with Crippen LogP contribution in [-0.4, -0.2) is 63.2 Å². The van der Waals surface area contributed by atoms with Crippen LogP contribution in [0.1, 0.15) is 22.7 Å². The highest BCUT2D eigenvalue weighted by Gasteiger charge is 2.26. The maximum Gasteiger partial charge on any atom is 0.313 e. The van der Waals surface area contributed by atoms with Crippen LogP contribution in [0.2, 0.25) is 0 Å². The molecule has 7 nitrogen and oxygen atoms in total. The van der Waals surface area contributed by atoms with Gasteiger partial charge in [0.25, 0.3) is 0 Å². The molecule has 2 N–H and O–H groups in total. The van der Waals surface area contributed by atoms with Gasteiger partial charge in [-0.1, -0.05) is 24.3 Å². The third-order valence-electron chi connectivity index (χ3n) is 6.04. The molecule has 4 rings (SSSR count). The van der Waals surface area contributed by atoms with E-state index in [-0.39, 0.29) is 6.04 Å². The molecule has 2 amide bonds. The molecule has 2 aliphatic heterocycles. The predicted molar refractivity (Wildman–Crippen MR) is 121 cm³/mol. The molecule has 31 heavy (non-hydrogen) atoms. The largest absolute Gasteiger partial charge is 0.379 e. The van der Waals surface area contributed by atoms with Crippen molar-refractivity contribution in [1.29, 1.82) is 0 Å². The first-order chi connectivity index (χ1) is 15.0. The number of morpholine rings is 1. The van der Waals surface area contributed by atoms with Crippen molar-refractivity contribution in [1.82, 2.24) is 10.2 Å². The number of anilines is 2. The van der Waals surface area contributed by atoms with Crippen molar-refractivity contribution in [3.63, 3.8) is 0 Å². The van der Waals surface area contributed by atoms with E-state index >= 15 is 0 Å². The van der Waals surface area contributed by atoms with Crippen molar-refractivity contribution < 1.29 is 14.3 Å². The number of amides is 2. The Morgan fingerprint density at radius 2 is 1.87 bits per heavy atom. The fourth-order valence-corrected chi connectivity index (χ4v) is 4.32. The first-order valence-electron chi connectivity index (χ1n) is 10.8. The molecule has 2 aromatic rings. The fraction of sp³-hybridized carbons (Fsp3) is 0.417. The zero-order valence-electron chi connectivity index (χ0n) is 18.2. The number of fused-ring (bicyclic) bond motifs is 1. The Morgan fingerprint density at radius 1 is 1.06 bits per heavy atom. The first kappa shape index (κ1) is 21.3. The number of hydrogen-bond donors (Lipinski definition) is 2. The highest BCUT2D eigenvalue weighted by atomic mass is 16.5. The number of likely N-dealkylation sites (N-methyl/N-ethyl adjacent to an activating group) is 1. The molecular formula is C24H30N4O3. The number of aryl methyl sites for hydroxylation is 1. The Hall–Kier alpha value is -2.90. The quantitative estimate of drug-likeness (QED) is 0.722. The minimum absolute atomic E-state index is 0.00386. The van der Waals surface area contributed by atoms with Crippen molar-refractivity contribution >= 4 is 23.2 Å². The van der Waals surface area contributed by atoms with Gasteiger partial charge in [0.05, 0.1) is 19.3 Å². The molecule has 0 saturated carbocycles. The highest BCUT2D eigenvalue weighted by Crippen LogP contribution is 2.31. The predicted octanol–water partition coefficient (Wildman–Crippen LogP) is 2.12. The van der Waals surface area contributed by atoms with Crippen LogP contribution in [-0.2, 0) is 20.7 Å². The summed E-state index contributed by atoms with van der Waals surface area (Å²) < 4.78 is 5.51. The smallest absolute Gasteiger partial charge is 0.313 e. The summed E-state index contributed by atoms with van der Waals surface area (Å²) in [5.41, 5.74) is 5.41. The maximum atomic E-state index is 12.5. The molecular weight excluding hydrogens is 392 g/mol. The molecule has 0 bridgehead atoms. The minimum Gasteiger partial charge on any atom is -0.379 e. The van der Waals surface area contributed by atoms with Gasteiger partial charge in [0, 0.05) is 44.6 Å². The monoisotopic (exact) mass is 422 g/mol. The number of ether oxygens (including phenoxy) is 1. The van der Waals surface area contributed by atoms with Gasteiger partial charge >= 0.3 is 11.8 Å². The molecule has 7 heteroatoms. The molecule has 1 fully saturated rings. The topological polar surface area (TPSA) is 73.9 Å². The number of rotatable bonds is 5. The molecule has 164 valence electrons. The lowest BCUT2D eigenvalue weighted by molar-refractivity contribution is -0.136. The zero-order valence-corrected chi connectivity index (χ0v) is 18.2. The van der Waals surface area contributed by atoms with E-state index in [2.05, 4.69) is 45.7 Å². The summed E-state index contributed by atoms with van der Waals surface area (Å²) in [5, 5.41) is 5.52. The van der Waals surface area contributed by atoms with Gasteiger partial charge in [-0.2, -0.15) is 0 Å². The van der Waals surface area contributed by atoms with Crippen LogP contribution in [0, 0.1) is 6.92 Å². The SMILES string of the molecule is Cc1cccc(NC(=O)C(=O)NCC(c2ccc3c(c2)CCN3C)N2CCOCC2)c1. The summed E-state index contributed by atoms with van der Waals surface area (Å²) >= 11 is 0. The summed E-state index contributed by atoms with van der Waals surface area (Å²) in [6.45, 7) is 6.28. The van der Waals surface area contributed by atoms with Crippen LogP contribution >= 0.6 is 0 Å². The van der Waals surface area contributed by atoms with Gasteiger partial charge in [0.1, 0.15) is 0 Å². The lowest BCUT2D eigenvalue weighted by Crippen LogP contribution is -2.45. The average Bonchev–Trinajstić information content (AvgIpc) is 3.14. The van der Waals surface area contributed by atoms with Crippen LogP contribution in [0.15, 0.2) is 42.5 Å². The summed E-state index contributed by atoms with van der Waals surface area (Å²) in [5.74, 6) is -1.28. The third-order valence-corrected chi connectivity index (χ3v) is 6.04. The van der Waals surface area contributed by atoms with Crippen molar-refractivity contribution in [2.24, 2.45) is 0 Å². The molecule has 0 spiro atoms. The summed E-state index contributed by atoms with van der Waals surface area (Å²) in [7, 11) is 2.11. The lowest BCUT2D eigenvalue weighted by Gasteiger charge is -2.35. The van der Waals surface area contributed by atoms with E-state index in [1.54, 1.807) is 6.07 Å². The van der Waals surface area contributed by atoms with E-state index in [4.69, 9.17) is 4.74 Å². The molecule has 2 aliphatic rings. The first-order valence-corrected chi connectivity index (χ1v) is 10.8. The fourth-order valence-electron chi connectivity index (χ4n) is 4.32. The van der Waals surface area contributed by atoms with E-state index in [9.17, 15) is 9.59 Å². The van der Waals surface area contributed by atoms with Crippen molar-refractivity contribution in [3.8, 4) is 0 Å². The maximum absolute atomic E-state index is 12.5. The van der Waals surface area contributed by atoms with E-state index in [1.165, 1.54) is 11.3 Å². The van der Waals surface area contributed by atoms with Gasteiger partial charge in [0.15, 0.2) is 0 Å². The van der Waals surface area contributed by atoms with E-state index in [0.717, 1.165) is 37.2 Å². The highest BCUT2D eigenvalue weighted by molar-refractivity contribution is 6.39. The number of hydrogen-bond acceptors (Lipinski definition) is 5. The van der Waals surface area contributed by atoms with Gasteiger partial charge in [0.2, 0.25) is 0 Å². The summed E-state index contributed by atoms with van der Waals surface area (Å²) in [4.78, 5) is 29.5. The Balaban J connectivity index is 1.45. The molecule has 1 saturated heterocycles. The molecule has 0 aliphatic carbocycles. The third kappa shape index (κ3) is 5.06. The Bertz CT molecular complexity index is 956. The number of carbonyl (C=O) groups excluding carboxylic acids is 2. The van der Waals surface area contributed by atoms with Gasteiger partial charge in [-0.15, -0.1) is 0 Å².